The highest BCUT2D eigenvalue weighted by molar-refractivity contribution is 5.90. The van der Waals surface area contributed by atoms with E-state index >= 15 is 0 Å². The molecule has 1 unspecified atom stereocenters. The third-order valence-corrected chi connectivity index (χ3v) is 3.64. The van der Waals surface area contributed by atoms with E-state index in [2.05, 4.69) is 10.2 Å². The molecule has 1 saturated heterocycles. The minimum atomic E-state index is -0.555. The second-order valence-electron chi connectivity index (χ2n) is 5.64. The monoisotopic (exact) mass is 289 g/mol. The lowest BCUT2D eigenvalue weighted by atomic mass is 10.1. The molecule has 5 nitrogen and oxygen atoms in total. The van der Waals surface area contributed by atoms with Crippen molar-refractivity contribution in [3.63, 3.8) is 0 Å². The normalized spacial score (nSPS) is 19.6. The Morgan fingerprint density at radius 3 is 2.62 bits per heavy atom. The van der Waals surface area contributed by atoms with E-state index in [1.165, 1.54) is 0 Å². The Hall–Kier alpha value is -1.88. The first kappa shape index (κ1) is 15.5. The molecule has 1 fully saturated rings. The predicted octanol–water partition coefficient (Wildman–Crippen LogP) is 1.03. The van der Waals surface area contributed by atoms with Gasteiger partial charge in [-0.3, -0.25) is 9.59 Å². The Balaban J connectivity index is 2.09. The van der Waals surface area contributed by atoms with Gasteiger partial charge in [0.2, 0.25) is 11.8 Å². The van der Waals surface area contributed by atoms with Gasteiger partial charge in [0.25, 0.3) is 0 Å². The van der Waals surface area contributed by atoms with Crippen molar-refractivity contribution in [1.29, 1.82) is 0 Å². The maximum atomic E-state index is 12.7. The van der Waals surface area contributed by atoms with Gasteiger partial charge in [-0.2, -0.15) is 0 Å². The molecule has 0 radical (unpaired) electrons. The number of rotatable bonds is 5. The van der Waals surface area contributed by atoms with Crippen LogP contribution in [-0.4, -0.2) is 55.3 Å². The molecule has 1 atom stereocenters. The number of nitrogens with zero attached hydrogens (tertiary/aromatic N) is 2. The molecule has 0 bridgehead atoms. The Morgan fingerprint density at radius 1 is 1.24 bits per heavy atom. The maximum Gasteiger partial charge on any atom is 0.249 e. The van der Waals surface area contributed by atoms with E-state index in [1.807, 2.05) is 44.4 Å². The van der Waals surface area contributed by atoms with Gasteiger partial charge < -0.3 is 15.1 Å². The van der Waals surface area contributed by atoms with Crippen LogP contribution in [0.1, 0.15) is 24.4 Å². The van der Waals surface area contributed by atoms with E-state index in [9.17, 15) is 9.59 Å². The van der Waals surface area contributed by atoms with Crippen LogP contribution in [0.3, 0.4) is 0 Å². The summed E-state index contributed by atoms with van der Waals surface area (Å²) in [6, 6.07) is 8.88. The number of nitrogens with one attached hydrogen (secondary N) is 1. The average Bonchev–Trinajstić information content (AvgIpc) is 2.61. The molecule has 2 rings (SSSR count). The predicted molar refractivity (Wildman–Crippen MR) is 81.7 cm³/mol. The molecular formula is C16H23N3O2. The van der Waals surface area contributed by atoms with Gasteiger partial charge in [-0.25, -0.2) is 0 Å². The lowest BCUT2D eigenvalue weighted by Crippen LogP contribution is -2.39. The molecular weight excluding hydrogens is 266 g/mol. The Labute approximate surface area is 125 Å². The topological polar surface area (TPSA) is 52.6 Å². The van der Waals surface area contributed by atoms with Crippen LogP contribution in [0.4, 0.5) is 0 Å². The fraction of sp³-hybridized carbons (Fsp3) is 0.500. The molecule has 21 heavy (non-hydrogen) atoms. The van der Waals surface area contributed by atoms with Crippen LogP contribution in [0.5, 0.6) is 0 Å². The average molecular weight is 289 g/mol. The summed E-state index contributed by atoms with van der Waals surface area (Å²) in [5.41, 5.74) is 0.843. The van der Waals surface area contributed by atoms with Gasteiger partial charge in [0.05, 0.1) is 0 Å². The minimum Gasteiger partial charge on any atom is -0.340 e. The van der Waals surface area contributed by atoms with Gasteiger partial charge in [-0.1, -0.05) is 30.3 Å². The van der Waals surface area contributed by atoms with Crippen molar-refractivity contribution in [3.05, 3.63) is 35.9 Å². The van der Waals surface area contributed by atoms with Gasteiger partial charge in [0.15, 0.2) is 0 Å². The quantitative estimate of drug-likeness (QED) is 0.881. The highest BCUT2D eigenvalue weighted by atomic mass is 16.2. The molecule has 1 aromatic rings. The zero-order valence-corrected chi connectivity index (χ0v) is 12.7. The van der Waals surface area contributed by atoms with Crippen molar-refractivity contribution in [3.8, 4) is 0 Å². The van der Waals surface area contributed by atoms with Crippen molar-refractivity contribution >= 4 is 11.8 Å². The Morgan fingerprint density at radius 2 is 1.95 bits per heavy atom. The zero-order valence-electron chi connectivity index (χ0n) is 12.7. The van der Waals surface area contributed by atoms with E-state index in [1.54, 1.807) is 4.90 Å². The van der Waals surface area contributed by atoms with Crippen LogP contribution in [-0.2, 0) is 9.59 Å². The summed E-state index contributed by atoms with van der Waals surface area (Å²) in [6.45, 7) is 2.12. The van der Waals surface area contributed by atoms with E-state index in [4.69, 9.17) is 0 Å². The molecule has 0 saturated carbocycles. The molecule has 0 spiro atoms. The summed E-state index contributed by atoms with van der Waals surface area (Å²) in [7, 11) is 4.03. The van der Waals surface area contributed by atoms with Crippen molar-refractivity contribution in [2.45, 2.75) is 18.9 Å². The molecule has 1 aliphatic rings. The summed E-state index contributed by atoms with van der Waals surface area (Å²) >= 11 is 0. The zero-order chi connectivity index (χ0) is 15.2. The number of hydrogen-bond acceptors (Lipinski definition) is 3. The number of carbonyl (C=O) groups is 2. The van der Waals surface area contributed by atoms with Gasteiger partial charge in [0.1, 0.15) is 6.04 Å². The number of amides is 2. The molecule has 1 N–H and O–H groups in total. The molecule has 1 aromatic carbocycles. The first-order valence-electron chi connectivity index (χ1n) is 7.36. The molecule has 0 aromatic heterocycles. The van der Waals surface area contributed by atoms with E-state index < -0.39 is 6.04 Å². The van der Waals surface area contributed by atoms with Crippen LogP contribution in [0.15, 0.2) is 30.3 Å². The summed E-state index contributed by atoms with van der Waals surface area (Å²) in [5, 5.41) is 2.83. The number of benzene rings is 1. The summed E-state index contributed by atoms with van der Waals surface area (Å²) in [5.74, 6) is -0.0712. The lowest BCUT2D eigenvalue weighted by molar-refractivity contribution is -0.133. The second-order valence-corrected chi connectivity index (χ2v) is 5.64. The van der Waals surface area contributed by atoms with Crippen LogP contribution in [0.25, 0.3) is 0 Å². The Bertz CT molecular complexity index is 488. The largest absolute Gasteiger partial charge is 0.340 e. The Kier molecular flexibility index (Phi) is 5.33. The van der Waals surface area contributed by atoms with Crippen molar-refractivity contribution in [2.24, 2.45) is 0 Å². The third kappa shape index (κ3) is 4.29. The van der Waals surface area contributed by atoms with Gasteiger partial charge in [-0.15, -0.1) is 0 Å². The van der Waals surface area contributed by atoms with E-state index in [-0.39, 0.29) is 11.8 Å². The molecule has 1 aliphatic heterocycles. The maximum absolute atomic E-state index is 12.7. The standard InChI is InChI=1S/C16H23N3O2/c1-18(2)10-6-11-19-12-9-14(20)17-15(16(19)21)13-7-4-3-5-8-13/h3-5,7-8,15H,6,9-12H2,1-2H3,(H,17,20). The van der Waals surface area contributed by atoms with Gasteiger partial charge in [0, 0.05) is 19.5 Å². The summed E-state index contributed by atoms with van der Waals surface area (Å²) in [6.07, 6.45) is 1.28. The fourth-order valence-corrected chi connectivity index (χ4v) is 2.50. The minimum absolute atomic E-state index is 0.00851. The highest BCUT2D eigenvalue weighted by Crippen LogP contribution is 2.19. The van der Waals surface area contributed by atoms with Gasteiger partial charge >= 0.3 is 0 Å². The fourth-order valence-electron chi connectivity index (χ4n) is 2.50. The van der Waals surface area contributed by atoms with Gasteiger partial charge in [-0.05, 0) is 32.6 Å². The SMILES string of the molecule is CN(C)CCCN1CCC(=O)NC(c2ccccc2)C1=O. The molecule has 2 amide bonds. The first-order valence-corrected chi connectivity index (χ1v) is 7.36. The van der Waals surface area contributed by atoms with Crippen LogP contribution in [0, 0.1) is 0 Å². The third-order valence-electron chi connectivity index (χ3n) is 3.64. The smallest absolute Gasteiger partial charge is 0.249 e. The molecule has 5 heteroatoms. The van der Waals surface area contributed by atoms with Crippen LogP contribution in [0.2, 0.25) is 0 Å². The number of carbonyl (C=O) groups excluding carboxylic acids is 2. The van der Waals surface area contributed by atoms with Crippen molar-refractivity contribution in [2.75, 3.05) is 33.7 Å². The molecule has 1 heterocycles. The first-order chi connectivity index (χ1) is 10.1. The van der Waals surface area contributed by atoms with Crippen LogP contribution >= 0.6 is 0 Å². The lowest BCUT2D eigenvalue weighted by Gasteiger charge is -2.24. The van der Waals surface area contributed by atoms with Crippen molar-refractivity contribution < 1.29 is 9.59 Å². The van der Waals surface area contributed by atoms with Crippen molar-refractivity contribution in [1.82, 2.24) is 15.1 Å². The van der Waals surface area contributed by atoms with E-state index in [0.29, 0.717) is 19.5 Å². The number of hydrogen-bond donors (Lipinski definition) is 1. The molecule has 114 valence electrons. The van der Waals surface area contributed by atoms with Crippen LogP contribution < -0.4 is 5.32 Å². The van der Waals surface area contributed by atoms with E-state index in [0.717, 1.165) is 18.5 Å². The molecule has 0 aliphatic carbocycles. The summed E-state index contributed by atoms with van der Waals surface area (Å²) < 4.78 is 0. The summed E-state index contributed by atoms with van der Waals surface area (Å²) in [4.78, 5) is 28.4. The highest BCUT2D eigenvalue weighted by Gasteiger charge is 2.30. The second kappa shape index (κ2) is 7.22.